The number of hydrogen-bond acceptors (Lipinski definition) is 1. The molecular weight excluding hydrogens is 270 g/mol. The van der Waals surface area contributed by atoms with Gasteiger partial charge in [-0.1, -0.05) is 31.2 Å². The van der Waals surface area contributed by atoms with Crippen molar-refractivity contribution >= 4 is 0 Å². The molecule has 3 heteroatoms. The maximum atomic E-state index is 13.4. The molecule has 2 rings (SSSR count). The molecule has 0 aromatic heterocycles. The summed E-state index contributed by atoms with van der Waals surface area (Å²) < 4.78 is 31.6. The Morgan fingerprint density at radius 1 is 1.24 bits per heavy atom. The van der Waals surface area contributed by atoms with Gasteiger partial charge in [-0.25, -0.2) is 8.78 Å². The molecule has 0 saturated carbocycles. The van der Waals surface area contributed by atoms with Crippen LogP contribution >= 0.6 is 0 Å². The molecule has 0 saturated heterocycles. The first-order chi connectivity index (χ1) is 9.65. The summed E-state index contributed by atoms with van der Waals surface area (Å²) in [6, 6.07) is 6.35. The number of halogens is 2. The number of rotatable bonds is 5. The Morgan fingerprint density at radius 3 is 2.48 bits per heavy atom. The summed E-state index contributed by atoms with van der Waals surface area (Å²) in [6.07, 6.45) is 4.39. The molecule has 0 N–H and O–H groups in total. The van der Waals surface area contributed by atoms with E-state index in [2.05, 4.69) is 6.58 Å². The van der Waals surface area contributed by atoms with Crippen molar-refractivity contribution < 1.29 is 13.5 Å². The molecule has 1 aromatic rings. The molecule has 1 aromatic carbocycles. The highest BCUT2D eigenvalue weighted by molar-refractivity contribution is 5.42. The highest BCUT2D eigenvalue weighted by atomic mass is 19.1. The van der Waals surface area contributed by atoms with Crippen LogP contribution in [0.25, 0.3) is 0 Å². The van der Waals surface area contributed by atoms with Crippen LogP contribution in [0.3, 0.4) is 0 Å². The molecule has 114 valence electrons. The van der Waals surface area contributed by atoms with Gasteiger partial charge < -0.3 is 4.74 Å². The largest absolute Gasteiger partial charge is 0.380 e. The topological polar surface area (TPSA) is 9.23 Å². The van der Waals surface area contributed by atoms with Crippen LogP contribution in [-0.2, 0) is 4.74 Å². The molecule has 0 heterocycles. The number of benzene rings is 1. The lowest BCUT2D eigenvalue weighted by Gasteiger charge is -2.23. The zero-order valence-corrected chi connectivity index (χ0v) is 11.5. The van der Waals surface area contributed by atoms with E-state index in [0.29, 0.717) is 19.4 Å². The lowest BCUT2D eigenvalue weighted by atomic mass is 9.83. The smallest absolute Gasteiger partial charge is 0.123 e. The van der Waals surface area contributed by atoms with E-state index < -0.39 is 0 Å². The number of hydrogen-bond donors (Lipinski definition) is 0. The van der Waals surface area contributed by atoms with E-state index >= 15 is 0 Å². The van der Waals surface area contributed by atoms with Crippen LogP contribution < -0.4 is 0 Å². The van der Waals surface area contributed by atoms with Crippen LogP contribution in [0, 0.1) is 5.82 Å². The van der Waals surface area contributed by atoms with Gasteiger partial charge in [-0.05, 0) is 35.8 Å². The Morgan fingerprint density at radius 2 is 1.90 bits per heavy atom. The number of methoxy groups -OCH3 is 1. The minimum atomic E-state index is -0.266. The van der Waals surface area contributed by atoms with Gasteiger partial charge in [-0.2, -0.15) is 0 Å². The fraction of sp³-hybridized carbons (Fsp3) is 0.333. The number of ether oxygens (including phenoxy) is 1. The highest BCUT2D eigenvalue weighted by Crippen LogP contribution is 2.36. The van der Waals surface area contributed by atoms with Crippen LogP contribution in [-0.4, -0.2) is 13.7 Å². The third-order valence-corrected chi connectivity index (χ3v) is 3.52. The maximum absolute atomic E-state index is 13.4. The first-order valence-electron chi connectivity index (χ1n) is 6.60. The van der Waals surface area contributed by atoms with Gasteiger partial charge in [0.25, 0.3) is 0 Å². The molecule has 1 atom stereocenters. The van der Waals surface area contributed by atoms with Crippen LogP contribution in [0.5, 0.6) is 0 Å². The summed E-state index contributed by atoms with van der Waals surface area (Å²) in [5.74, 6) is -0.426. The predicted molar refractivity (Wildman–Crippen MR) is 83.4 cm³/mol. The zero-order valence-electron chi connectivity index (χ0n) is 11.5. The molecule has 1 unspecified atom stereocenters. The van der Waals surface area contributed by atoms with Crippen molar-refractivity contribution in [3.8, 4) is 0 Å². The molecule has 0 spiro atoms. The van der Waals surface area contributed by atoms with Gasteiger partial charge in [0.15, 0.2) is 0 Å². The standard InChI is InChI=1S/C17H18F2O.CH4/c1-3-16(12-4-6-14(18)7-5-12)17-9-8-15(19)10-13(17)11-20-2;/h3-7,10,16H,1,8-9,11H2,2H3;1H4. The Bertz CT molecular complexity index is 541. The van der Waals surface area contributed by atoms with Gasteiger partial charge >= 0.3 is 0 Å². The Hall–Kier alpha value is -1.74. The van der Waals surface area contributed by atoms with E-state index in [1.807, 2.05) is 6.08 Å². The van der Waals surface area contributed by atoms with Gasteiger partial charge in [0.05, 0.1) is 6.61 Å². The van der Waals surface area contributed by atoms with Gasteiger partial charge in [-0.15, -0.1) is 6.58 Å². The second kappa shape index (κ2) is 7.89. The molecule has 0 radical (unpaired) electrons. The van der Waals surface area contributed by atoms with Crippen LogP contribution in [0.2, 0.25) is 0 Å². The Kier molecular flexibility index (Phi) is 6.50. The van der Waals surface area contributed by atoms with Crippen molar-refractivity contribution in [2.75, 3.05) is 13.7 Å². The zero-order chi connectivity index (χ0) is 14.5. The van der Waals surface area contributed by atoms with Crippen LogP contribution in [0.15, 0.2) is 60.0 Å². The van der Waals surface area contributed by atoms with Crippen LogP contribution in [0.4, 0.5) is 8.78 Å². The summed E-state index contributed by atoms with van der Waals surface area (Å²) in [5.41, 5.74) is 2.90. The number of allylic oxidation sites excluding steroid dienone is 3. The molecule has 0 bridgehead atoms. The monoisotopic (exact) mass is 292 g/mol. The predicted octanol–water partition coefficient (Wildman–Crippen LogP) is 5.32. The lowest BCUT2D eigenvalue weighted by Crippen LogP contribution is -2.09. The molecule has 21 heavy (non-hydrogen) atoms. The van der Waals surface area contributed by atoms with E-state index in [1.54, 1.807) is 25.3 Å². The molecule has 1 aliphatic carbocycles. The molecule has 1 nitrogen and oxygen atoms in total. The molecule has 0 fully saturated rings. The van der Waals surface area contributed by atoms with Crippen molar-refractivity contribution in [3.05, 3.63) is 71.4 Å². The first kappa shape index (κ1) is 17.3. The van der Waals surface area contributed by atoms with Crippen LogP contribution in [0.1, 0.15) is 31.7 Å². The minimum absolute atomic E-state index is 0. The van der Waals surface area contributed by atoms with E-state index in [9.17, 15) is 8.78 Å². The van der Waals surface area contributed by atoms with Gasteiger partial charge in [-0.3, -0.25) is 0 Å². The Labute approximate surface area is 125 Å². The fourth-order valence-corrected chi connectivity index (χ4v) is 2.56. The van der Waals surface area contributed by atoms with E-state index in [4.69, 9.17) is 4.74 Å². The van der Waals surface area contributed by atoms with E-state index in [-0.39, 0.29) is 25.0 Å². The molecule has 0 amide bonds. The maximum Gasteiger partial charge on any atom is 0.123 e. The van der Waals surface area contributed by atoms with Crippen molar-refractivity contribution in [1.82, 2.24) is 0 Å². The molecule has 1 aliphatic rings. The summed E-state index contributed by atoms with van der Waals surface area (Å²) >= 11 is 0. The highest BCUT2D eigenvalue weighted by Gasteiger charge is 2.21. The molecular formula is C18H22F2O. The SMILES string of the molecule is C.C=CC(C1=C(COC)C=C(F)CC1)c1ccc(F)cc1. The van der Waals surface area contributed by atoms with E-state index in [0.717, 1.165) is 16.7 Å². The third-order valence-electron chi connectivity index (χ3n) is 3.52. The summed E-state index contributed by atoms with van der Waals surface area (Å²) in [6.45, 7) is 4.23. The summed E-state index contributed by atoms with van der Waals surface area (Å²) in [5, 5.41) is 0. The van der Waals surface area contributed by atoms with Crippen molar-refractivity contribution in [3.63, 3.8) is 0 Å². The second-order valence-electron chi connectivity index (χ2n) is 4.84. The average molecular weight is 292 g/mol. The van der Waals surface area contributed by atoms with Crippen molar-refractivity contribution in [2.24, 2.45) is 0 Å². The summed E-state index contributed by atoms with van der Waals surface area (Å²) in [4.78, 5) is 0. The lowest BCUT2D eigenvalue weighted by molar-refractivity contribution is 0.226. The van der Waals surface area contributed by atoms with Crippen molar-refractivity contribution in [2.45, 2.75) is 26.2 Å². The fourth-order valence-electron chi connectivity index (χ4n) is 2.56. The average Bonchev–Trinajstić information content (AvgIpc) is 2.44. The quantitative estimate of drug-likeness (QED) is 0.667. The minimum Gasteiger partial charge on any atom is -0.380 e. The van der Waals surface area contributed by atoms with Crippen molar-refractivity contribution in [1.29, 1.82) is 0 Å². The second-order valence-corrected chi connectivity index (χ2v) is 4.84. The normalized spacial score (nSPS) is 16.0. The first-order valence-corrected chi connectivity index (χ1v) is 6.60. The summed E-state index contributed by atoms with van der Waals surface area (Å²) in [7, 11) is 1.59. The van der Waals surface area contributed by atoms with Gasteiger partial charge in [0.2, 0.25) is 0 Å². The Balaban J connectivity index is 0.00000220. The van der Waals surface area contributed by atoms with Gasteiger partial charge in [0.1, 0.15) is 11.6 Å². The third kappa shape index (κ3) is 4.11. The van der Waals surface area contributed by atoms with Gasteiger partial charge in [0, 0.05) is 19.4 Å². The van der Waals surface area contributed by atoms with E-state index in [1.165, 1.54) is 12.1 Å². The molecule has 0 aliphatic heterocycles.